The highest BCUT2D eigenvalue weighted by Crippen LogP contribution is 2.07. The van der Waals surface area contributed by atoms with E-state index in [4.69, 9.17) is 18.9 Å². The predicted octanol–water partition coefficient (Wildman–Crippen LogP) is -2.74. The molecular formula is C21H38N4O9. The second-order valence-electron chi connectivity index (χ2n) is 7.81. The summed E-state index contributed by atoms with van der Waals surface area (Å²) in [4.78, 5) is 55.4. The monoisotopic (exact) mass is 490 g/mol. The molecule has 1 saturated heterocycles. The highest BCUT2D eigenvalue weighted by molar-refractivity contribution is 5.76. The van der Waals surface area contributed by atoms with Gasteiger partial charge in [0.25, 0.3) is 0 Å². The number of ether oxygens (including phenoxy) is 4. The predicted molar refractivity (Wildman–Crippen MR) is 120 cm³/mol. The van der Waals surface area contributed by atoms with Crippen molar-refractivity contribution in [1.82, 2.24) is 19.6 Å². The molecule has 0 aromatic heterocycles. The van der Waals surface area contributed by atoms with Gasteiger partial charge in [-0.2, -0.15) is 0 Å². The van der Waals surface area contributed by atoms with Crippen LogP contribution in [-0.2, 0) is 38.1 Å². The average Bonchev–Trinajstić information content (AvgIpc) is 2.84. The van der Waals surface area contributed by atoms with Gasteiger partial charge >= 0.3 is 23.9 Å². The van der Waals surface area contributed by atoms with Gasteiger partial charge in [-0.05, 0) is 0 Å². The summed E-state index contributed by atoms with van der Waals surface area (Å²) in [6.07, 6.45) is 0. The molecule has 1 aliphatic rings. The lowest BCUT2D eigenvalue weighted by molar-refractivity contribution is -0.149. The zero-order valence-corrected chi connectivity index (χ0v) is 20.6. The molecule has 1 rings (SSSR count). The smallest absolute Gasteiger partial charge is 0.325 e. The molecule has 1 atom stereocenters. The van der Waals surface area contributed by atoms with Gasteiger partial charge in [0.2, 0.25) is 0 Å². The second kappa shape index (κ2) is 16.3. The number of carbonyl (C=O) groups excluding carboxylic acids is 4. The minimum absolute atomic E-state index is 0.0346. The van der Waals surface area contributed by atoms with E-state index in [9.17, 15) is 24.3 Å². The third-order valence-electron chi connectivity index (χ3n) is 5.70. The Hall–Kier alpha value is -2.32. The van der Waals surface area contributed by atoms with E-state index in [0.29, 0.717) is 52.4 Å². The number of hydrogen-bond acceptors (Lipinski definition) is 13. The van der Waals surface area contributed by atoms with Gasteiger partial charge in [0.05, 0.1) is 54.7 Å². The van der Waals surface area contributed by atoms with Crippen molar-refractivity contribution in [2.75, 3.05) is 107 Å². The summed E-state index contributed by atoms with van der Waals surface area (Å²) in [5, 5.41) is 9.84. The molecule has 0 amide bonds. The number of aliphatic hydroxyl groups excluding tert-OH is 1. The van der Waals surface area contributed by atoms with Crippen molar-refractivity contribution in [1.29, 1.82) is 0 Å². The molecule has 1 fully saturated rings. The zero-order valence-electron chi connectivity index (χ0n) is 20.6. The Balaban J connectivity index is 3.13. The number of nitrogens with zero attached hydrogens (tertiary/aromatic N) is 4. The number of aliphatic hydroxyl groups is 1. The van der Waals surface area contributed by atoms with Crippen LogP contribution < -0.4 is 0 Å². The Morgan fingerprint density at radius 2 is 0.941 bits per heavy atom. The van der Waals surface area contributed by atoms with E-state index in [0.717, 1.165) is 0 Å². The van der Waals surface area contributed by atoms with Crippen molar-refractivity contribution in [2.45, 2.75) is 6.04 Å². The van der Waals surface area contributed by atoms with Gasteiger partial charge in [-0.15, -0.1) is 0 Å². The molecule has 1 N–H and O–H groups in total. The van der Waals surface area contributed by atoms with E-state index >= 15 is 0 Å². The van der Waals surface area contributed by atoms with Gasteiger partial charge in [-0.1, -0.05) is 0 Å². The van der Waals surface area contributed by atoms with Crippen molar-refractivity contribution in [3.8, 4) is 0 Å². The van der Waals surface area contributed by atoms with Crippen LogP contribution in [0.4, 0.5) is 0 Å². The Kier molecular flexibility index (Phi) is 14.3. The Morgan fingerprint density at radius 3 is 1.21 bits per heavy atom. The summed E-state index contributed by atoms with van der Waals surface area (Å²) in [5.74, 6) is -1.78. The molecule has 0 bridgehead atoms. The first-order valence-electron chi connectivity index (χ1n) is 11.1. The van der Waals surface area contributed by atoms with Crippen LogP contribution in [0.15, 0.2) is 0 Å². The van der Waals surface area contributed by atoms with E-state index in [1.165, 1.54) is 28.4 Å². The van der Waals surface area contributed by atoms with E-state index in [1.807, 2.05) is 14.7 Å². The van der Waals surface area contributed by atoms with Crippen LogP contribution in [0, 0.1) is 0 Å². The fourth-order valence-electron chi connectivity index (χ4n) is 3.56. The molecule has 0 saturated carbocycles. The molecule has 0 aromatic rings. The zero-order chi connectivity index (χ0) is 25.5. The highest BCUT2D eigenvalue weighted by atomic mass is 16.5. The summed E-state index contributed by atoms with van der Waals surface area (Å²) in [6, 6.07) is -0.885. The van der Waals surface area contributed by atoms with E-state index in [-0.39, 0.29) is 25.6 Å². The van der Waals surface area contributed by atoms with E-state index < -0.39 is 30.6 Å². The van der Waals surface area contributed by atoms with Gasteiger partial charge < -0.3 is 24.1 Å². The second-order valence-corrected chi connectivity index (χ2v) is 7.81. The fourth-order valence-corrected chi connectivity index (χ4v) is 3.56. The Bertz CT molecular complexity index is 630. The Morgan fingerprint density at radius 1 is 0.618 bits per heavy atom. The fraction of sp³-hybridized carbons (Fsp3) is 0.810. The summed E-state index contributed by atoms with van der Waals surface area (Å²) >= 11 is 0. The molecule has 0 aliphatic carbocycles. The first kappa shape index (κ1) is 29.7. The van der Waals surface area contributed by atoms with Crippen LogP contribution in [0.2, 0.25) is 0 Å². The summed E-state index contributed by atoms with van der Waals surface area (Å²) in [7, 11) is 5.19. The molecule has 1 aliphatic heterocycles. The molecule has 196 valence electrons. The number of hydrogen-bond donors (Lipinski definition) is 1. The van der Waals surface area contributed by atoms with Gasteiger partial charge in [0.1, 0.15) is 6.04 Å². The molecule has 0 spiro atoms. The van der Waals surface area contributed by atoms with Gasteiger partial charge in [-0.3, -0.25) is 38.8 Å². The van der Waals surface area contributed by atoms with E-state index in [1.54, 1.807) is 4.90 Å². The molecule has 1 unspecified atom stereocenters. The maximum absolute atomic E-state index is 12.3. The molecule has 13 nitrogen and oxygen atoms in total. The quantitative estimate of drug-likeness (QED) is 0.264. The van der Waals surface area contributed by atoms with Crippen LogP contribution in [0.3, 0.4) is 0 Å². The molecule has 34 heavy (non-hydrogen) atoms. The number of esters is 4. The lowest BCUT2D eigenvalue weighted by Crippen LogP contribution is -2.53. The van der Waals surface area contributed by atoms with Crippen LogP contribution >= 0.6 is 0 Å². The normalized spacial score (nSPS) is 18.7. The lowest BCUT2D eigenvalue weighted by Gasteiger charge is -2.35. The van der Waals surface area contributed by atoms with Crippen LogP contribution in [0.5, 0.6) is 0 Å². The van der Waals surface area contributed by atoms with E-state index in [2.05, 4.69) is 0 Å². The van der Waals surface area contributed by atoms with Gasteiger partial charge in [0, 0.05) is 52.4 Å². The number of methoxy groups -OCH3 is 4. The number of carbonyl (C=O) groups is 4. The largest absolute Gasteiger partial charge is 0.468 e. The number of rotatable bonds is 9. The topological polar surface area (TPSA) is 138 Å². The van der Waals surface area contributed by atoms with Gasteiger partial charge in [-0.25, -0.2) is 0 Å². The molecular weight excluding hydrogens is 452 g/mol. The highest BCUT2D eigenvalue weighted by Gasteiger charge is 2.28. The average molecular weight is 491 g/mol. The van der Waals surface area contributed by atoms with Crippen LogP contribution in [0.1, 0.15) is 0 Å². The minimum Gasteiger partial charge on any atom is -0.468 e. The van der Waals surface area contributed by atoms with Crippen molar-refractivity contribution in [3.63, 3.8) is 0 Å². The standard InChI is InChI=1S/C21H38N4O9/c1-31-18(27)13-22-5-7-23(14-19(28)32-2)9-11-25(17(16-26)21(30)34-4)12-10-24(8-6-22)15-20(29)33-3/h17,26H,5-16H2,1-4H3. The van der Waals surface area contributed by atoms with Crippen LogP contribution in [-0.4, -0.2) is 162 Å². The summed E-state index contributed by atoms with van der Waals surface area (Å²) in [5.41, 5.74) is 0. The summed E-state index contributed by atoms with van der Waals surface area (Å²) < 4.78 is 19.2. The molecule has 0 radical (unpaired) electrons. The lowest BCUT2D eigenvalue weighted by atomic mass is 10.2. The first-order valence-corrected chi connectivity index (χ1v) is 11.1. The maximum atomic E-state index is 12.3. The van der Waals surface area contributed by atoms with Gasteiger partial charge in [0.15, 0.2) is 0 Å². The molecule has 1 heterocycles. The minimum atomic E-state index is -0.885. The van der Waals surface area contributed by atoms with Crippen molar-refractivity contribution >= 4 is 23.9 Å². The van der Waals surface area contributed by atoms with Crippen molar-refractivity contribution in [3.05, 3.63) is 0 Å². The first-order chi connectivity index (χ1) is 16.3. The third-order valence-corrected chi connectivity index (χ3v) is 5.70. The SMILES string of the molecule is COC(=O)CN1CCN(CC(=O)OC)CCN(C(CO)C(=O)OC)CCN(CC(=O)OC)CC1. The Labute approximate surface area is 200 Å². The van der Waals surface area contributed by atoms with Crippen molar-refractivity contribution < 1.29 is 43.2 Å². The van der Waals surface area contributed by atoms with Crippen LogP contribution in [0.25, 0.3) is 0 Å². The molecule has 0 aromatic carbocycles. The molecule has 13 heteroatoms. The maximum Gasteiger partial charge on any atom is 0.325 e. The van der Waals surface area contributed by atoms with Crippen molar-refractivity contribution in [2.24, 2.45) is 0 Å². The third kappa shape index (κ3) is 10.7. The summed E-state index contributed by atoms with van der Waals surface area (Å²) in [6.45, 7) is 2.98.